The van der Waals surface area contributed by atoms with Gasteiger partial charge in [-0.15, -0.1) is 0 Å². The summed E-state index contributed by atoms with van der Waals surface area (Å²) in [4.78, 5) is 23.5. The Hall–Kier alpha value is -1.34. The second kappa shape index (κ2) is 6.90. The van der Waals surface area contributed by atoms with Gasteiger partial charge in [0.2, 0.25) is 0 Å². The third kappa shape index (κ3) is 7.96. The molecule has 0 heterocycles. The van der Waals surface area contributed by atoms with Crippen molar-refractivity contribution in [1.82, 2.24) is 10.7 Å². The van der Waals surface area contributed by atoms with Crippen molar-refractivity contribution >= 4 is 12.0 Å². The van der Waals surface area contributed by atoms with E-state index in [9.17, 15) is 9.59 Å². The average Bonchev–Trinajstić information content (AvgIpc) is 2.19. The van der Waals surface area contributed by atoms with Crippen LogP contribution in [0.15, 0.2) is 0 Å². The van der Waals surface area contributed by atoms with Gasteiger partial charge in [0.15, 0.2) is 0 Å². The van der Waals surface area contributed by atoms with Crippen molar-refractivity contribution in [2.75, 3.05) is 0 Å². The van der Waals surface area contributed by atoms with Gasteiger partial charge >= 0.3 is 6.09 Å². The van der Waals surface area contributed by atoms with Crippen molar-refractivity contribution in [3.8, 4) is 0 Å². The Kier molecular flexibility index (Phi) is 6.43. The molecule has 0 saturated carbocycles. The van der Waals surface area contributed by atoms with Gasteiger partial charge in [0.25, 0.3) is 5.91 Å². The van der Waals surface area contributed by atoms with Crippen LogP contribution in [0.5, 0.6) is 0 Å². The Balaban J connectivity index is 4.82. The van der Waals surface area contributed by atoms with Crippen molar-refractivity contribution in [1.29, 1.82) is 0 Å². The molecule has 0 aromatic heterocycles. The maximum atomic E-state index is 11.8. The van der Waals surface area contributed by atoms with E-state index in [1.54, 1.807) is 27.7 Å². The van der Waals surface area contributed by atoms with Gasteiger partial charge in [-0.2, -0.15) is 0 Å². The highest BCUT2D eigenvalue weighted by atomic mass is 16.6. The molecule has 0 aliphatic carbocycles. The summed E-state index contributed by atoms with van der Waals surface area (Å²) >= 11 is 0. The number of nitrogens with two attached hydrogens (primary N) is 1. The molecule has 0 radical (unpaired) electrons. The highest BCUT2D eigenvalue weighted by molar-refractivity contribution is 5.85. The summed E-state index contributed by atoms with van der Waals surface area (Å²) in [5.41, 5.74) is 0.904. The zero-order valence-electron chi connectivity index (χ0n) is 13.4. The SMILES string of the molecule is C[C@@H](OC(C)(C)C)[C@H](NC(=O)OC(C)(C)C)C(=O)NN. The number of ether oxygens (including phenoxy) is 2. The number of carbonyl (C=O) groups excluding carboxylic acids is 2. The Bertz CT molecular complexity index is 345. The van der Waals surface area contributed by atoms with Crippen molar-refractivity contribution in [2.24, 2.45) is 5.84 Å². The largest absolute Gasteiger partial charge is 0.444 e. The molecule has 118 valence electrons. The second-order valence-corrected chi connectivity index (χ2v) is 6.57. The first-order chi connectivity index (χ1) is 8.85. The maximum Gasteiger partial charge on any atom is 0.408 e. The maximum absolute atomic E-state index is 11.8. The van der Waals surface area contributed by atoms with E-state index in [1.807, 2.05) is 26.2 Å². The number of rotatable bonds is 4. The van der Waals surface area contributed by atoms with Crippen molar-refractivity contribution in [3.63, 3.8) is 0 Å². The molecule has 20 heavy (non-hydrogen) atoms. The normalized spacial score (nSPS) is 15.2. The predicted octanol–water partition coefficient (Wildman–Crippen LogP) is 1.07. The van der Waals surface area contributed by atoms with Gasteiger partial charge in [-0.1, -0.05) is 0 Å². The number of amides is 2. The molecule has 0 aromatic rings. The quantitative estimate of drug-likeness (QED) is 0.408. The van der Waals surface area contributed by atoms with Gasteiger partial charge in [0.05, 0.1) is 11.7 Å². The van der Waals surface area contributed by atoms with E-state index in [2.05, 4.69) is 5.32 Å². The van der Waals surface area contributed by atoms with Crippen LogP contribution in [0.3, 0.4) is 0 Å². The number of nitrogens with one attached hydrogen (secondary N) is 2. The second-order valence-electron chi connectivity index (χ2n) is 6.57. The molecular formula is C13H27N3O4. The van der Waals surface area contributed by atoms with Crippen LogP contribution in [0.4, 0.5) is 4.79 Å². The number of carbonyl (C=O) groups is 2. The van der Waals surface area contributed by atoms with Crippen molar-refractivity contribution in [2.45, 2.75) is 71.8 Å². The standard InChI is InChI=1S/C13H27N3O4/c1-8(19-12(2,3)4)9(10(17)16-14)15-11(18)20-13(5,6)7/h8-9H,14H2,1-7H3,(H,15,18)(H,16,17)/t8-,9+/m1/s1. The van der Waals surface area contributed by atoms with Crippen molar-refractivity contribution < 1.29 is 19.1 Å². The number of hydrogen-bond acceptors (Lipinski definition) is 5. The molecule has 0 rings (SSSR count). The van der Waals surface area contributed by atoms with E-state index in [0.717, 1.165) is 0 Å². The monoisotopic (exact) mass is 289 g/mol. The number of alkyl carbamates (subject to hydrolysis) is 1. The van der Waals surface area contributed by atoms with Gasteiger partial charge < -0.3 is 14.8 Å². The van der Waals surface area contributed by atoms with Gasteiger partial charge in [-0.3, -0.25) is 10.2 Å². The summed E-state index contributed by atoms with van der Waals surface area (Å²) < 4.78 is 10.8. The summed E-state index contributed by atoms with van der Waals surface area (Å²) in [6.07, 6.45) is -1.26. The zero-order valence-corrected chi connectivity index (χ0v) is 13.4. The number of hydrogen-bond donors (Lipinski definition) is 3. The third-order valence-electron chi connectivity index (χ3n) is 2.11. The zero-order chi connectivity index (χ0) is 16.1. The molecule has 0 aromatic carbocycles. The van der Waals surface area contributed by atoms with Crippen LogP contribution in [-0.2, 0) is 14.3 Å². The minimum atomic E-state index is -0.936. The lowest BCUT2D eigenvalue weighted by Crippen LogP contribution is -2.56. The van der Waals surface area contributed by atoms with Crippen LogP contribution in [0.1, 0.15) is 48.5 Å². The van der Waals surface area contributed by atoms with Crippen molar-refractivity contribution in [3.05, 3.63) is 0 Å². The van der Waals surface area contributed by atoms with E-state index in [4.69, 9.17) is 15.3 Å². The van der Waals surface area contributed by atoms with E-state index < -0.39 is 35.3 Å². The van der Waals surface area contributed by atoms with Crippen LogP contribution in [-0.4, -0.2) is 35.3 Å². The molecule has 7 nitrogen and oxygen atoms in total. The summed E-state index contributed by atoms with van der Waals surface area (Å²) in [6, 6.07) is -0.936. The fraction of sp³-hybridized carbons (Fsp3) is 0.846. The molecule has 0 aliphatic rings. The Labute approximate surface area is 120 Å². The van der Waals surface area contributed by atoms with E-state index >= 15 is 0 Å². The Morgan fingerprint density at radius 1 is 1.05 bits per heavy atom. The molecule has 0 spiro atoms. The average molecular weight is 289 g/mol. The summed E-state index contributed by atoms with van der Waals surface area (Å²) in [7, 11) is 0. The van der Waals surface area contributed by atoms with E-state index in [0.29, 0.717) is 0 Å². The van der Waals surface area contributed by atoms with E-state index in [-0.39, 0.29) is 0 Å². The summed E-state index contributed by atoms with van der Waals surface area (Å²) in [6.45, 7) is 12.5. The van der Waals surface area contributed by atoms with Gasteiger partial charge in [0.1, 0.15) is 11.6 Å². The van der Waals surface area contributed by atoms with Crippen LogP contribution in [0.25, 0.3) is 0 Å². The van der Waals surface area contributed by atoms with Gasteiger partial charge in [-0.25, -0.2) is 10.6 Å². The highest BCUT2D eigenvalue weighted by Crippen LogP contribution is 2.14. The van der Waals surface area contributed by atoms with Gasteiger partial charge in [-0.05, 0) is 48.5 Å². The molecule has 2 amide bonds. The first-order valence-electron chi connectivity index (χ1n) is 6.53. The Morgan fingerprint density at radius 2 is 1.55 bits per heavy atom. The predicted molar refractivity (Wildman–Crippen MR) is 75.8 cm³/mol. The molecule has 2 atom stereocenters. The minimum Gasteiger partial charge on any atom is -0.444 e. The lowest BCUT2D eigenvalue weighted by molar-refractivity contribution is -0.131. The fourth-order valence-electron chi connectivity index (χ4n) is 1.55. The molecule has 0 bridgehead atoms. The molecular weight excluding hydrogens is 262 g/mol. The lowest BCUT2D eigenvalue weighted by atomic mass is 10.1. The molecule has 0 aliphatic heterocycles. The fourth-order valence-corrected chi connectivity index (χ4v) is 1.55. The van der Waals surface area contributed by atoms with Crippen LogP contribution in [0.2, 0.25) is 0 Å². The lowest BCUT2D eigenvalue weighted by Gasteiger charge is -2.31. The molecule has 0 fully saturated rings. The van der Waals surface area contributed by atoms with Crippen LogP contribution in [0, 0.1) is 0 Å². The first-order valence-corrected chi connectivity index (χ1v) is 6.53. The smallest absolute Gasteiger partial charge is 0.408 e. The first kappa shape index (κ1) is 18.7. The molecule has 7 heteroatoms. The number of hydrazine groups is 1. The highest BCUT2D eigenvalue weighted by Gasteiger charge is 2.31. The van der Waals surface area contributed by atoms with Gasteiger partial charge in [0, 0.05) is 0 Å². The molecule has 4 N–H and O–H groups in total. The topological polar surface area (TPSA) is 103 Å². The minimum absolute atomic E-state index is 0.456. The summed E-state index contributed by atoms with van der Waals surface area (Å²) in [5.74, 6) is 4.58. The van der Waals surface area contributed by atoms with Crippen LogP contribution < -0.4 is 16.6 Å². The molecule has 0 saturated heterocycles. The van der Waals surface area contributed by atoms with E-state index in [1.165, 1.54) is 0 Å². The van der Waals surface area contributed by atoms with Crippen LogP contribution >= 0.6 is 0 Å². The Morgan fingerprint density at radius 3 is 1.90 bits per heavy atom. The third-order valence-corrected chi connectivity index (χ3v) is 2.11. The summed E-state index contributed by atoms with van der Waals surface area (Å²) in [5, 5.41) is 2.47. The molecule has 0 unspecified atom stereocenters.